The van der Waals surface area contributed by atoms with E-state index >= 15 is 0 Å². The fourth-order valence-electron chi connectivity index (χ4n) is 3.54. The third kappa shape index (κ3) is 4.62. The van der Waals surface area contributed by atoms with Crippen LogP contribution in [0.5, 0.6) is 0 Å². The molecule has 0 bridgehead atoms. The second-order valence-electron chi connectivity index (χ2n) is 7.00. The Morgan fingerprint density at radius 1 is 1.19 bits per heavy atom. The number of aromatic nitrogens is 5. The molecule has 1 aliphatic rings. The lowest BCUT2D eigenvalue weighted by molar-refractivity contribution is -0.123. The smallest absolute Gasteiger partial charge is 0.281 e. The lowest BCUT2D eigenvalue weighted by atomic mass is 9.90. The summed E-state index contributed by atoms with van der Waals surface area (Å²) in [5.41, 5.74) is 1.14. The molecule has 1 aromatic carbocycles. The zero-order chi connectivity index (χ0) is 21.8. The summed E-state index contributed by atoms with van der Waals surface area (Å²) < 4.78 is 43.9. The molecule has 2 atom stereocenters. The summed E-state index contributed by atoms with van der Waals surface area (Å²) in [6.45, 7) is 0.264. The zero-order valence-corrected chi connectivity index (χ0v) is 17.2. The second-order valence-corrected chi connectivity index (χ2v) is 7.46. The average molecular weight is 447 g/mol. The van der Waals surface area contributed by atoms with Gasteiger partial charge in [-0.15, -0.1) is 9.62 Å². The number of carbonyl (C=O) groups is 1. The van der Waals surface area contributed by atoms with E-state index in [-0.39, 0.29) is 25.0 Å². The Bertz CT molecular complexity index is 1100. The molecule has 1 fully saturated rings. The zero-order valence-electron chi connectivity index (χ0n) is 16.2. The summed E-state index contributed by atoms with van der Waals surface area (Å²) in [6.07, 6.45) is 4.57. The van der Waals surface area contributed by atoms with Gasteiger partial charge in [-0.25, -0.2) is 8.78 Å². The van der Waals surface area contributed by atoms with Crippen LogP contribution in [0.15, 0.2) is 36.7 Å². The van der Waals surface area contributed by atoms with Gasteiger partial charge in [0, 0.05) is 18.0 Å². The normalized spacial score (nSPS) is 16.8. The molecule has 0 saturated carbocycles. The van der Waals surface area contributed by atoms with Crippen LogP contribution in [0.2, 0.25) is 0 Å². The summed E-state index contributed by atoms with van der Waals surface area (Å²) in [4.78, 5) is 19.2. The summed E-state index contributed by atoms with van der Waals surface area (Å²) in [5, 5.41) is 11.9. The minimum Gasteiger partial charge on any atom is -0.281 e. The van der Waals surface area contributed by atoms with Crippen molar-refractivity contribution < 1.29 is 22.7 Å². The largest absolute Gasteiger partial charge is 0.496 e. The fraction of sp³-hybridized carbons (Fsp3) is 0.316. The molecule has 12 heteroatoms. The van der Waals surface area contributed by atoms with Gasteiger partial charge in [0.1, 0.15) is 0 Å². The lowest BCUT2D eigenvalue weighted by Crippen LogP contribution is -2.43. The molecule has 1 saturated heterocycles. The topological polar surface area (TPSA) is 103 Å². The Morgan fingerprint density at radius 3 is 2.81 bits per heavy atom. The number of halogens is 2. The second kappa shape index (κ2) is 9.32. The number of rotatable bonds is 7. The monoisotopic (exact) mass is 447 g/mol. The number of piperidine rings is 1. The summed E-state index contributed by atoms with van der Waals surface area (Å²) in [6, 6.07) is 5.32. The minimum absolute atomic E-state index is 0.152. The molecule has 2 aromatic heterocycles. The maximum Gasteiger partial charge on any atom is 0.496 e. The van der Waals surface area contributed by atoms with E-state index in [1.807, 2.05) is 0 Å². The van der Waals surface area contributed by atoms with Crippen molar-refractivity contribution in [1.82, 2.24) is 25.0 Å². The predicted molar refractivity (Wildman–Crippen MR) is 106 cm³/mol. The molecular formula is C19H18F2N6O3P+. The van der Waals surface area contributed by atoms with E-state index < -0.39 is 26.2 Å². The van der Waals surface area contributed by atoms with Crippen LogP contribution in [0, 0.1) is 17.6 Å². The van der Waals surface area contributed by atoms with E-state index in [9.17, 15) is 18.1 Å². The van der Waals surface area contributed by atoms with Crippen molar-refractivity contribution >= 4 is 20.5 Å². The van der Waals surface area contributed by atoms with E-state index in [0.717, 1.165) is 12.1 Å². The van der Waals surface area contributed by atoms with E-state index in [1.165, 1.54) is 28.0 Å². The van der Waals surface area contributed by atoms with Crippen LogP contribution in [0.3, 0.4) is 0 Å². The number of carbonyl (C=O) groups excluding carboxylic acids is 1. The van der Waals surface area contributed by atoms with Gasteiger partial charge in [-0.3, -0.25) is 9.69 Å². The molecule has 0 radical (unpaired) electrons. The first-order chi connectivity index (χ1) is 15.1. The Hall–Kier alpha value is -3.17. The Labute approximate surface area is 177 Å². The molecule has 3 aromatic rings. The highest BCUT2D eigenvalue weighted by molar-refractivity contribution is 7.17. The molecule has 0 N–H and O–H groups in total. The quantitative estimate of drug-likeness (QED) is 0.513. The third-order valence-electron chi connectivity index (χ3n) is 5.00. The van der Waals surface area contributed by atoms with Crippen molar-refractivity contribution in [3.63, 3.8) is 0 Å². The third-order valence-corrected chi connectivity index (χ3v) is 5.24. The molecule has 1 aliphatic heterocycles. The van der Waals surface area contributed by atoms with Gasteiger partial charge in [0.15, 0.2) is 24.2 Å². The molecule has 0 aliphatic carbocycles. The number of anilines is 1. The Morgan fingerprint density at radius 2 is 2.06 bits per heavy atom. The van der Waals surface area contributed by atoms with Crippen molar-refractivity contribution in [3.05, 3.63) is 53.9 Å². The van der Waals surface area contributed by atoms with Gasteiger partial charge in [-0.05, 0) is 47.6 Å². The number of amides is 1. The Balaban J connectivity index is 1.61. The van der Waals surface area contributed by atoms with Gasteiger partial charge in [0.05, 0.1) is 12.4 Å². The molecular weight excluding hydrogens is 429 g/mol. The van der Waals surface area contributed by atoms with Crippen LogP contribution in [0.1, 0.15) is 18.4 Å². The van der Waals surface area contributed by atoms with Crippen LogP contribution in [-0.2, 0) is 27.0 Å². The highest BCUT2D eigenvalue weighted by atomic mass is 31.1. The van der Waals surface area contributed by atoms with Gasteiger partial charge >= 0.3 is 8.69 Å². The minimum atomic E-state index is -0.998. The van der Waals surface area contributed by atoms with Gasteiger partial charge in [0.25, 0.3) is 0 Å². The van der Waals surface area contributed by atoms with Crippen molar-refractivity contribution in [3.8, 4) is 11.4 Å². The first kappa shape index (κ1) is 21.1. The van der Waals surface area contributed by atoms with Crippen molar-refractivity contribution in [2.45, 2.75) is 26.0 Å². The van der Waals surface area contributed by atoms with Crippen molar-refractivity contribution in [1.29, 1.82) is 0 Å². The maximum atomic E-state index is 13.6. The van der Waals surface area contributed by atoms with Gasteiger partial charge in [-0.1, -0.05) is 6.07 Å². The van der Waals surface area contributed by atoms with E-state index in [0.29, 0.717) is 36.3 Å². The van der Waals surface area contributed by atoms with Gasteiger partial charge in [0.2, 0.25) is 11.9 Å². The molecule has 0 spiro atoms. The molecule has 3 heterocycles. The van der Waals surface area contributed by atoms with Gasteiger partial charge < -0.3 is 0 Å². The molecule has 1 amide bonds. The average Bonchev–Trinajstić information content (AvgIpc) is 3.21. The SMILES string of the molecule is O=[PH+]OCn1nc(-c2ccnnc2)nc1N1CCCC(Cc2ccc(F)c(F)c2)C1=O. The van der Waals surface area contributed by atoms with E-state index in [1.54, 1.807) is 6.07 Å². The summed E-state index contributed by atoms with van der Waals surface area (Å²) in [5.74, 6) is -1.91. The molecule has 31 heavy (non-hydrogen) atoms. The van der Waals surface area contributed by atoms with Crippen LogP contribution < -0.4 is 4.90 Å². The van der Waals surface area contributed by atoms with E-state index in [4.69, 9.17) is 4.52 Å². The first-order valence-electron chi connectivity index (χ1n) is 9.53. The van der Waals surface area contributed by atoms with Crippen LogP contribution in [-0.4, -0.2) is 37.4 Å². The Kier molecular flexibility index (Phi) is 6.34. The van der Waals surface area contributed by atoms with Crippen molar-refractivity contribution in [2.75, 3.05) is 11.4 Å². The van der Waals surface area contributed by atoms with Crippen molar-refractivity contribution in [2.24, 2.45) is 5.92 Å². The number of benzene rings is 1. The van der Waals surface area contributed by atoms with Crippen LogP contribution >= 0.6 is 8.69 Å². The molecule has 2 unspecified atom stereocenters. The van der Waals surface area contributed by atoms with Crippen LogP contribution in [0.25, 0.3) is 11.4 Å². The molecule has 9 nitrogen and oxygen atoms in total. The fourth-order valence-corrected chi connectivity index (χ4v) is 3.72. The number of nitrogens with zero attached hydrogens (tertiary/aromatic N) is 6. The predicted octanol–water partition coefficient (Wildman–Crippen LogP) is 2.91. The molecule has 4 rings (SSSR count). The number of hydrogen-bond donors (Lipinski definition) is 0. The van der Waals surface area contributed by atoms with Gasteiger partial charge in [-0.2, -0.15) is 19.9 Å². The summed E-state index contributed by atoms with van der Waals surface area (Å²) in [7, 11) is -0.998. The van der Waals surface area contributed by atoms with E-state index in [2.05, 4.69) is 20.3 Å². The highest BCUT2D eigenvalue weighted by Crippen LogP contribution is 2.28. The molecule has 160 valence electrons. The number of hydrogen-bond acceptors (Lipinski definition) is 7. The van der Waals surface area contributed by atoms with Crippen LogP contribution in [0.4, 0.5) is 14.7 Å². The standard InChI is InChI=1S/C19H18F2N6O3P/c20-15-4-3-12(9-16(15)21)8-13-2-1-7-26(18(13)28)19-24-17(14-5-6-22-23-10-14)25-27(19)11-30-31-29/h3-6,9-10,13,31H,1-2,7-8,11H2/q+1. The maximum absolute atomic E-state index is 13.6. The highest BCUT2D eigenvalue weighted by Gasteiger charge is 2.33. The first-order valence-corrected chi connectivity index (χ1v) is 10.3. The lowest BCUT2D eigenvalue weighted by Gasteiger charge is -2.31. The summed E-state index contributed by atoms with van der Waals surface area (Å²) >= 11 is 0.